The Balaban J connectivity index is 0. The number of hydrogen-bond acceptors (Lipinski definition) is 4. The van der Waals surface area contributed by atoms with Gasteiger partial charge in [-0.2, -0.15) is 0 Å². The molecule has 0 bridgehead atoms. The number of hydrogen-bond donors (Lipinski definition) is 0. The van der Waals surface area contributed by atoms with E-state index in [4.69, 9.17) is 0 Å². The van der Waals surface area contributed by atoms with Crippen molar-refractivity contribution in [2.24, 2.45) is 0 Å². The van der Waals surface area contributed by atoms with Gasteiger partial charge < -0.3 is 19.4 Å². The van der Waals surface area contributed by atoms with Crippen molar-refractivity contribution in [3.63, 3.8) is 0 Å². The van der Waals surface area contributed by atoms with Gasteiger partial charge in [0.2, 0.25) is 15.4 Å². The van der Waals surface area contributed by atoms with Gasteiger partial charge in [0.25, 0.3) is 0 Å². The molecule has 0 atom stereocenters. The monoisotopic (exact) mass is 286 g/mol. The molecule has 2 rings (SSSR count). The standard InChI is InChI=1S/2C6H5BO2.2Na/c2*8-7-9-6-4-2-1-3-5-6;;/h2*1-5H;;/q2*-1;2*+1. The van der Waals surface area contributed by atoms with E-state index >= 15 is 0 Å². The van der Waals surface area contributed by atoms with E-state index in [-0.39, 0.29) is 59.1 Å². The Labute approximate surface area is 164 Å². The summed E-state index contributed by atoms with van der Waals surface area (Å²) in [7, 11) is 0.824. The van der Waals surface area contributed by atoms with Gasteiger partial charge in [0.1, 0.15) is 0 Å². The average molecular weight is 286 g/mol. The minimum absolute atomic E-state index is 0. The van der Waals surface area contributed by atoms with Gasteiger partial charge in [-0.15, -0.1) is 0 Å². The van der Waals surface area contributed by atoms with Gasteiger partial charge in [-0.1, -0.05) is 36.4 Å². The van der Waals surface area contributed by atoms with Crippen LogP contribution in [0.5, 0.6) is 11.5 Å². The van der Waals surface area contributed by atoms with Crippen LogP contribution in [0.2, 0.25) is 0 Å². The van der Waals surface area contributed by atoms with Gasteiger partial charge >= 0.3 is 59.1 Å². The van der Waals surface area contributed by atoms with Crippen LogP contribution in [0.25, 0.3) is 0 Å². The van der Waals surface area contributed by atoms with Crippen LogP contribution in [-0.4, -0.2) is 15.4 Å². The van der Waals surface area contributed by atoms with Crippen LogP contribution in [-0.2, 0) is 0 Å². The van der Waals surface area contributed by atoms with Crippen LogP contribution in [0, 0.1) is 0 Å². The summed E-state index contributed by atoms with van der Waals surface area (Å²) < 4.78 is 9.05. The fourth-order valence-electron chi connectivity index (χ4n) is 1.11. The van der Waals surface area contributed by atoms with Crippen molar-refractivity contribution in [1.29, 1.82) is 0 Å². The fraction of sp³-hybridized carbons (Fsp3) is 0. The Morgan fingerprint density at radius 1 is 0.600 bits per heavy atom. The molecule has 2 aromatic rings. The molecule has 90 valence electrons. The van der Waals surface area contributed by atoms with E-state index in [0.29, 0.717) is 26.9 Å². The molecule has 0 spiro atoms. The Hall–Kier alpha value is 0.0899. The molecular weight excluding hydrogens is 276 g/mol. The number of para-hydroxylation sites is 2. The second-order valence-electron chi connectivity index (χ2n) is 3.05. The molecule has 20 heavy (non-hydrogen) atoms. The van der Waals surface area contributed by atoms with E-state index in [2.05, 4.69) is 9.31 Å². The van der Waals surface area contributed by atoms with Crippen molar-refractivity contribution >= 4 is 15.4 Å². The summed E-state index contributed by atoms with van der Waals surface area (Å²) in [5.74, 6) is 1.15. The summed E-state index contributed by atoms with van der Waals surface area (Å²) in [4.78, 5) is 0. The predicted octanol–water partition coefficient (Wildman–Crippen LogP) is -6.07. The molecular formula is C12H10B2Na2O4. The first-order chi connectivity index (χ1) is 8.86. The Morgan fingerprint density at radius 3 is 1.15 bits per heavy atom. The summed E-state index contributed by atoms with van der Waals surface area (Å²) >= 11 is 0. The molecule has 0 unspecified atom stereocenters. The van der Waals surface area contributed by atoms with Crippen LogP contribution in [0.4, 0.5) is 0 Å². The van der Waals surface area contributed by atoms with Crippen molar-refractivity contribution < 1.29 is 78.5 Å². The second kappa shape index (κ2) is 15.5. The van der Waals surface area contributed by atoms with Gasteiger partial charge in [-0.3, -0.25) is 0 Å². The molecule has 0 fully saturated rings. The Kier molecular flexibility index (Phi) is 17.3. The maximum absolute atomic E-state index is 9.75. The summed E-state index contributed by atoms with van der Waals surface area (Å²) in [6.45, 7) is 0. The van der Waals surface area contributed by atoms with Gasteiger partial charge in [0, 0.05) is 0 Å². The first-order valence-electron chi connectivity index (χ1n) is 5.17. The maximum atomic E-state index is 9.75. The summed E-state index contributed by atoms with van der Waals surface area (Å²) in [6.07, 6.45) is 0. The molecule has 0 aliphatic carbocycles. The minimum atomic E-state index is 0. The molecule has 0 aromatic heterocycles. The van der Waals surface area contributed by atoms with Gasteiger partial charge in [-0.25, -0.2) is 0 Å². The molecule has 0 amide bonds. The number of rotatable bonds is 4. The van der Waals surface area contributed by atoms with Gasteiger partial charge in [0.05, 0.1) is 11.5 Å². The first-order valence-corrected chi connectivity index (χ1v) is 5.17. The molecule has 0 aliphatic heterocycles. The normalized spacial score (nSPS) is 7.70. The SMILES string of the molecule is [Na+].[Na+].[O-][B]Oc1ccccc1.[O-][B]Oc1ccccc1. The van der Waals surface area contributed by atoms with E-state index < -0.39 is 0 Å². The Morgan fingerprint density at radius 2 is 0.900 bits per heavy atom. The first kappa shape index (κ1) is 22.4. The van der Waals surface area contributed by atoms with Crippen molar-refractivity contribution in [3.05, 3.63) is 60.7 Å². The smallest absolute Gasteiger partial charge is 0.850 e. The second-order valence-corrected chi connectivity index (χ2v) is 3.05. The minimum Gasteiger partial charge on any atom is -0.850 e. The zero-order chi connectivity index (χ0) is 13.1. The topological polar surface area (TPSA) is 64.6 Å². The third-order valence-electron chi connectivity index (χ3n) is 1.85. The van der Waals surface area contributed by atoms with Crippen LogP contribution < -0.4 is 78.5 Å². The quantitative estimate of drug-likeness (QED) is 0.525. The summed E-state index contributed by atoms with van der Waals surface area (Å²) in [6, 6.07) is 17.8. The van der Waals surface area contributed by atoms with Crippen molar-refractivity contribution in [1.82, 2.24) is 0 Å². The molecule has 4 nitrogen and oxygen atoms in total. The van der Waals surface area contributed by atoms with Crippen molar-refractivity contribution in [3.8, 4) is 11.5 Å². The Bertz CT molecular complexity index is 379. The number of benzene rings is 2. The molecule has 0 saturated carbocycles. The van der Waals surface area contributed by atoms with E-state index in [0.717, 1.165) is 0 Å². The molecule has 2 aromatic carbocycles. The molecule has 0 N–H and O–H groups in total. The van der Waals surface area contributed by atoms with Crippen molar-refractivity contribution in [2.75, 3.05) is 0 Å². The third-order valence-corrected chi connectivity index (χ3v) is 1.85. The summed E-state index contributed by atoms with van der Waals surface area (Å²) in [5.41, 5.74) is 0. The molecule has 0 aliphatic rings. The molecule has 0 heterocycles. The average Bonchev–Trinajstić information content (AvgIpc) is 2.43. The maximum Gasteiger partial charge on any atom is 1.00 e. The molecule has 2 radical (unpaired) electrons. The largest absolute Gasteiger partial charge is 1.00 e. The van der Waals surface area contributed by atoms with Gasteiger partial charge in [0.15, 0.2) is 0 Å². The van der Waals surface area contributed by atoms with E-state index in [1.54, 1.807) is 48.5 Å². The van der Waals surface area contributed by atoms with Gasteiger partial charge in [-0.05, 0) is 24.3 Å². The summed E-state index contributed by atoms with van der Waals surface area (Å²) in [5, 5.41) is 19.5. The van der Waals surface area contributed by atoms with Crippen LogP contribution in [0.1, 0.15) is 0 Å². The van der Waals surface area contributed by atoms with E-state index in [1.165, 1.54) is 0 Å². The van der Waals surface area contributed by atoms with Crippen LogP contribution in [0.3, 0.4) is 0 Å². The zero-order valence-electron chi connectivity index (χ0n) is 11.6. The van der Waals surface area contributed by atoms with Crippen LogP contribution >= 0.6 is 0 Å². The van der Waals surface area contributed by atoms with Crippen LogP contribution in [0.15, 0.2) is 60.7 Å². The third kappa shape index (κ3) is 10.8. The molecule has 0 saturated heterocycles. The molecule has 8 heteroatoms. The fourth-order valence-corrected chi connectivity index (χ4v) is 1.11. The van der Waals surface area contributed by atoms with E-state index in [9.17, 15) is 10.0 Å². The van der Waals surface area contributed by atoms with E-state index in [1.807, 2.05) is 12.1 Å². The predicted molar refractivity (Wildman–Crippen MR) is 65.6 cm³/mol. The zero-order valence-corrected chi connectivity index (χ0v) is 15.6. The van der Waals surface area contributed by atoms with Crippen molar-refractivity contribution in [2.45, 2.75) is 0 Å².